The lowest BCUT2D eigenvalue weighted by Gasteiger charge is -2.06. The van der Waals surface area contributed by atoms with E-state index < -0.39 is 0 Å². The van der Waals surface area contributed by atoms with Gasteiger partial charge in [-0.05, 0) is 32.8 Å². The molecule has 0 aromatic carbocycles. The molecule has 1 N–H and O–H groups in total. The first kappa shape index (κ1) is 12.8. The number of halogens is 1. The monoisotopic (exact) mass is 279 g/mol. The normalized spacial score (nSPS) is 15.1. The molecule has 0 radical (unpaired) electrons. The van der Waals surface area contributed by atoms with E-state index in [0.29, 0.717) is 12.6 Å². The Morgan fingerprint density at radius 3 is 2.89 bits per heavy atom. The van der Waals surface area contributed by atoms with Crippen LogP contribution >= 0.6 is 11.6 Å². The average Bonchev–Trinajstić information content (AvgIpc) is 3.08. The van der Waals surface area contributed by atoms with Gasteiger partial charge in [0.2, 0.25) is 0 Å². The Kier molecular flexibility index (Phi) is 3.37. The van der Waals surface area contributed by atoms with E-state index in [9.17, 15) is 0 Å². The van der Waals surface area contributed by atoms with Crippen molar-refractivity contribution in [3.05, 3.63) is 40.1 Å². The number of furan rings is 1. The van der Waals surface area contributed by atoms with Crippen LogP contribution < -0.4 is 5.32 Å². The molecule has 0 saturated heterocycles. The van der Waals surface area contributed by atoms with Gasteiger partial charge in [0.15, 0.2) is 0 Å². The van der Waals surface area contributed by atoms with E-state index in [4.69, 9.17) is 16.0 Å². The van der Waals surface area contributed by atoms with Gasteiger partial charge in [0.1, 0.15) is 5.76 Å². The van der Waals surface area contributed by atoms with Crippen LogP contribution in [0.4, 0.5) is 0 Å². The molecule has 1 aliphatic carbocycles. The third-order valence-corrected chi connectivity index (χ3v) is 4.13. The predicted octanol–water partition coefficient (Wildman–Crippen LogP) is 3.05. The number of hydrogen-bond acceptors (Lipinski definition) is 3. The van der Waals surface area contributed by atoms with Gasteiger partial charge in [-0.2, -0.15) is 5.10 Å². The molecule has 0 aliphatic heterocycles. The SMILES string of the molecule is Cc1nn(Cc2occc2CNC2CC2)c(C)c1Cl. The second-order valence-corrected chi connectivity index (χ2v) is 5.54. The lowest BCUT2D eigenvalue weighted by atomic mass is 10.2. The van der Waals surface area contributed by atoms with E-state index in [2.05, 4.69) is 10.4 Å². The zero-order valence-corrected chi connectivity index (χ0v) is 12.0. The van der Waals surface area contributed by atoms with Crippen LogP contribution in [0.3, 0.4) is 0 Å². The Hall–Kier alpha value is -1.26. The maximum absolute atomic E-state index is 6.16. The average molecular weight is 280 g/mol. The molecule has 0 amide bonds. The quantitative estimate of drug-likeness (QED) is 0.915. The zero-order valence-electron chi connectivity index (χ0n) is 11.2. The Morgan fingerprint density at radius 2 is 2.26 bits per heavy atom. The fourth-order valence-corrected chi connectivity index (χ4v) is 2.31. The van der Waals surface area contributed by atoms with Crippen molar-refractivity contribution in [1.82, 2.24) is 15.1 Å². The summed E-state index contributed by atoms with van der Waals surface area (Å²) in [6, 6.07) is 2.73. The van der Waals surface area contributed by atoms with Gasteiger partial charge >= 0.3 is 0 Å². The highest BCUT2D eigenvalue weighted by molar-refractivity contribution is 6.31. The predicted molar refractivity (Wildman–Crippen MR) is 74.4 cm³/mol. The van der Waals surface area contributed by atoms with Gasteiger partial charge in [-0.25, -0.2) is 0 Å². The maximum atomic E-state index is 6.16. The minimum atomic E-state index is 0.633. The van der Waals surface area contributed by atoms with E-state index in [1.807, 2.05) is 24.6 Å². The highest BCUT2D eigenvalue weighted by atomic mass is 35.5. The van der Waals surface area contributed by atoms with Crippen LogP contribution in [0.15, 0.2) is 16.7 Å². The molecule has 0 atom stereocenters. The summed E-state index contributed by atoms with van der Waals surface area (Å²) in [4.78, 5) is 0. The Bertz CT molecular complexity index is 584. The highest BCUT2D eigenvalue weighted by Crippen LogP contribution is 2.22. The van der Waals surface area contributed by atoms with Crippen LogP contribution in [-0.4, -0.2) is 15.8 Å². The first-order chi connectivity index (χ1) is 9.15. The molecule has 0 bridgehead atoms. The molecule has 0 unspecified atom stereocenters. The molecule has 1 aliphatic rings. The van der Waals surface area contributed by atoms with Crippen LogP contribution in [-0.2, 0) is 13.1 Å². The topological polar surface area (TPSA) is 43.0 Å². The van der Waals surface area contributed by atoms with Gasteiger partial charge in [-0.3, -0.25) is 4.68 Å². The smallest absolute Gasteiger partial charge is 0.129 e. The summed E-state index contributed by atoms with van der Waals surface area (Å²) in [6.07, 6.45) is 4.33. The van der Waals surface area contributed by atoms with Crippen molar-refractivity contribution in [3.63, 3.8) is 0 Å². The Morgan fingerprint density at radius 1 is 1.47 bits per heavy atom. The molecule has 19 heavy (non-hydrogen) atoms. The molecule has 1 saturated carbocycles. The van der Waals surface area contributed by atoms with Crippen molar-refractivity contribution in [1.29, 1.82) is 0 Å². The summed E-state index contributed by atoms with van der Waals surface area (Å²) in [7, 11) is 0. The molecular formula is C14H18ClN3O. The summed E-state index contributed by atoms with van der Waals surface area (Å²) in [5, 5.41) is 8.68. The van der Waals surface area contributed by atoms with Gasteiger partial charge < -0.3 is 9.73 Å². The number of nitrogens with one attached hydrogen (secondary N) is 1. The third kappa shape index (κ3) is 2.69. The molecule has 2 aromatic heterocycles. The lowest BCUT2D eigenvalue weighted by molar-refractivity contribution is 0.468. The summed E-state index contributed by atoms with van der Waals surface area (Å²) in [5.74, 6) is 0.954. The van der Waals surface area contributed by atoms with Crippen molar-refractivity contribution >= 4 is 11.6 Å². The number of aryl methyl sites for hydroxylation is 1. The minimum Gasteiger partial charge on any atom is -0.467 e. The number of rotatable bonds is 5. The van der Waals surface area contributed by atoms with E-state index in [1.54, 1.807) is 6.26 Å². The lowest BCUT2D eigenvalue weighted by Crippen LogP contribution is -2.16. The fraction of sp³-hybridized carbons (Fsp3) is 0.500. The van der Waals surface area contributed by atoms with Gasteiger partial charge in [-0.15, -0.1) is 0 Å². The molecule has 2 aromatic rings. The van der Waals surface area contributed by atoms with Crippen molar-refractivity contribution in [2.75, 3.05) is 0 Å². The summed E-state index contributed by atoms with van der Waals surface area (Å²) < 4.78 is 7.48. The van der Waals surface area contributed by atoms with E-state index in [1.165, 1.54) is 18.4 Å². The largest absolute Gasteiger partial charge is 0.467 e. The number of hydrogen-bond donors (Lipinski definition) is 1. The fourth-order valence-electron chi connectivity index (χ4n) is 2.17. The summed E-state index contributed by atoms with van der Waals surface area (Å²) in [6.45, 7) is 5.40. The first-order valence-electron chi connectivity index (χ1n) is 6.63. The van der Waals surface area contributed by atoms with Crippen LogP contribution in [0.1, 0.15) is 35.6 Å². The van der Waals surface area contributed by atoms with Gasteiger partial charge in [-0.1, -0.05) is 11.6 Å². The Labute approximate surface area is 117 Å². The zero-order chi connectivity index (χ0) is 13.4. The summed E-state index contributed by atoms with van der Waals surface area (Å²) in [5.41, 5.74) is 3.05. The standard InChI is InChI=1S/C14H18ClN3O/c1-9-14(15)10(2)18(17-9)8-13-11(5-6-19-13)7-16-12-3-4-12/h5-6,12,16H,3-4,7-8H2,1-2H3. The molecule has 0 spiro atoms. The molecular weight excluding hydrogens is 262 g/mol. The Balaban J connectivity index is 1.74. The van der Waals surface area contributed by atoms with Crippen molar-refractivity contribution < 1.29 is 4.42 Å². The van der Waals surface area contributed by atoms with Crippen molar-refractivity contribution in [3.8, 4) is 0 Å². The van der Waals surface area contributed by atoms with E-state index >= 15 is 0 Å². The van der Waals surface area contributed by atoms with Crippen LogP contribution in [0.2, 0.25) is 5.02 Å². The molecule has 5 heteroatoms. The van der Waals surface area contributed by atoms with Crippen LogP contribution in [0.25, 0.3) is 0 Å². The maximum Gasteiger partial charge on any atom is 0.129 e. The molecule has 1 fully saturated rings. The third-order valence-electron chi connectivity index (χ3n) is 3.58. The minimum absolute atomic E-state index is 0.633. The molecule has 2 heterocycles. The second-order valence-electron chi connectivity index (χ2n) is 5.17. The molecule has 3 rings (SSSR count). The van der Waals surface area contributed by atoms with Crippen molar-refractivity contribution in [2.24, 2.45) is 0 Å². The summed E-state index contributed by atoms with van der Waals surface area (Å²) >= 11 is 6.16. The van der Waals surface area contributed by atoms with E-state index in [0.717, 1.165) is 28.7 Å². The van der Waals surface area contributed by atoms with Crippen molar-refractivity contribution in [2.45, 2.75) is 45.8 Å². The first-order valence-corrected chi connectivity index (χ1v) is 7.01. The molecule has 102 valence electrons. The number of nitrogens with zero attached hydrogens (tertiary/aromatic N) is 2. The number of aromatic nitrogens is 2. The van der Waals surface area contributed by atoms with E-state index in [-0.39, 0.29) is 0 Å². The highest BCUT2D eigenvalue weighted by Gasteiger charge is 2.21. The second kappa shape index (κ2) is 5.02. The van der Waals surface area contributed by atoms with Gasteiger partial charge in [0, 0.05) is 18.2 Å². The molecule has 4 nitrogen and oxygen atoms in total. The van der Waals surface area contributed by atoms with Gasteiger partial charge in [0.05, 0.1) is 29.2 Å². The van der Waals surface area contributed by atoms with Crippen LogP contribution in [0.5, 0.6) is 0 Å². The van der Waals surface area contributed by atoms with Gasteiger partial charge in [0.25, 0.3) is 0 Å². The van der Waals surface area contributed by atoms with Crippen LogP contribution in [0, 0.1) is 13.8 Å².